The average molecular weight is 246 g/mol. The number of aryl methyl sites for hydroxylation is 1. The van der Waals surface area contributed by atoms with Gasteiger partial charge in [0, 0.05) is 19.4 Å². The zero-order valence-corrected chi connectivity index (χ0v) is 11.0. The quantitative estimate of drug-likeness (QED) is 0.715. The Balaban J connectivity index is 2.07. The number of methoxy groups -OCH3 is 1. The molecule has 3 atom stereocenters. The summed E-state index contributed by atoms with van der Waals surface area (Å²) >= 11 is 0. The maximum atomic E-state index is 12.6. The molecule has 3 heteroatoms. The highest BCUT2D eigenvalue weighted by atomic mass is 16.5. The van der Waals surface area contributed by atoms with Gasteiger partial charge in [0.15, 0.2) is 5.78 Å². The molecule has 18 heavy (non-hydrogen) atoms. The van der Waals surface area contributed by atoms with Crippen LogP contribution in [0.5, 0.6) is 0 Å². The molecule has 0 saturated carbocycles. The van der Waals surface area contributed by atoms with Gasteiger partial charge in [-0.2, -0.15) is 0 Å². The first kappa shape index (κ1) is 11.7. The molecule has 2 aliphatic carbocycles. The Morgan fingerprint density at radius 3 is 2.94 bits per heavy atom. The van der Waals surface area contributed by atoms with Crippen molar-refractivity contribution in [1.82, 2.24) is 0 Å². The van der Waals surface area contributed by atoms with E-state index in [0.29, 0.717) is 5.92 Å². The molecule has 0 aromatic carbocycles. The minimum atomic E-state index is 0.0280. The van der Waals surface area contributed by atoms with Gasteiger partial charge in [0.2, 0.25) is 0 Å². The van der Waals surface area contributed by atoms with E-state index in [1.807, 2.05) is 6.92 Å². The van der Waals surface area contributed by atoms with Crippen LogP contribution in [0.1, 0.15) is 35.0 Å². The standard InChI is InChI=1S/C15H18O3/c1-8-4-11(17-3)5-10-6-12-14(9(2)7-18-12)15(16)13(8)10/h5,7-8,11,13H,4,6H2,1-3H3. The summed E-state index contributed by atoms with van der Waals surface area (Å²) in [6, 6.07) is 0. The maximum absolute atomic E-state index is 12.6. The van der Waals surface area contributed by atoms with Crippen molar-refractivity contribution in [3.63, 3.8) is 0 Å². The minimum Gasteiger partial charge on any atom is -0.468 e. The van der Waals surface area contributed by atoms with Crippen LogP contribution in [0.3, 0.4) is 0 Å². The molecule has 0 radical (unpaired) electrons. The monoisotopic (exact) mass is 246 g/mol. The van der Waals surface area contributed by atoms with Gasteiger partial charge < -0.3 is 9.15 Å². The van der Waals surface area contributed by atoms with E-state index in [1.165, 1.54) is 5.57 Å². The van der Waals surface area contributed by atoms with Crippen molar-refractivity contribution in [2.24, 2.45) is 11.8 Å². The second-order valence-corrected chi connectivity index (χ2v) is 5.46. The third-order valence-corrected chi connectivity index (χ3v) is 4.22. The largest absolute Gasteiger partial charge is 0.468 e. The van der Waals surface area contributed by atoms with E-state index in [1.54, 1.807) is 13.4 Å². The molecule has 1 heterocycles. The summed E-state index contributed by atoms with van der Waals surface area (Å²) in [5, 5.41) is 0. The van der Waals surface area contributed by atoms with Gasteiger partial charge >= 0.3 is 0 Å². The lowest BCUT2D eigenvalue weighted by molar-refractivity contribution is 0.0761. The molecule has 0 bridgehead atoms. The van der Waals surface area contributed by atoms with E-state index >= 15 is 0 Å². The van der Waals surface area contributed by atoms with Crippen molar-refractivity contribution in [3.05, 3.63) is 34.8 Å². The zero-order chi connectivity index (χ0) is 12.9. The van der Waals surface area contributed by atoms with Gasteiger partial charge in [-0.3, -0.25) is 4.79 Å². The summed E-state index contributed by atoms with van der Waals surface area (Å²) in [7, 11) is 1.72. The number of hydrogen-bond acceptors (Lipinski definition) is 3. The average Bonchev–Trinajstić information content (AvgIpc) is 2.70. The molecule has 3 unspecified atom stereocenters. The molecular formula is C15H18O3. The topological polar surface area (TPSA) is 39.4 Å². The minimum absolute atomic E-state index is 0.0280. The van der Waals surface area contributed by atoms with Crippen molar-refractivity contribution < 1.29 is 13.9 Å². The Kier molecular flexibility index (Phi) is 2.67. The second-order valence-electron chi connectivity index (χ2n) is 5.46. The number of Topliss-reactive ketones (excluding diaryl/α,β-unsaturated/α-hetero) is 1. The van der Waals surface area contributed by atoms with Crippen LogP contribution < -0.4 is 0 Å². The molecule has 2 aliphatic rings. The first-order chi connectivity index (χ1) is 8.61. The van der Waals surface area contributed by atoms with E-state index in [0.717, 1.165) is 29.7 Å². The first-order valence-corrected chi connectivity index (χ1v) is 6.46. The van der Waals surface area contributed by atoms with Crippen LogP contribution >= 0.6 is 0 Å². The maximum Gasteiger partial charge on any atom is 0.174 e. The number of ether oxygens (including phenoxy) is 1. The van der Waals surface area contributed by atoms with Gasteiger partial charge in [0.25, 0.3) is 0 Å². The fourth-order valence-corrected chi connectivity index (χ4v) is 3.34. The van der Waals surface area contributed by atoms with Gasteiger partial charge in [-0.05, 0) is 24.8 Å². The van der Waals surface area contributed by atoms with Crippen molar-refractivity contribution in [3.8, 4) is 0 Å². The van der Waals surface area contributed by atoms with Gasteiger partial charge in [-0.15, -0.1) is 0 Å². The Bertz CT molecular complexity index is 524. The van der Waals surface area contributed by atoms with E-state index in [9.17, 15) is 4.79 Å². The van der Waals surface area contributed by atoms with Crippen molar-refractivity contribution in [2.75, 3.05) is 7.11 Å². The van der Waals surface area contributed by atoms with Crippen LogP contribution in [0.4, 0.5) is 0 Å². The second kappa shape index (κ2) is 4.09. The van der Waals surface area contributed by atoms with E-state index in [2.05, 4.69) is 13.0 Å². The molecule has 0 aliphatic heterocycles. The summed E-state index contributed by atoms with van der Waals surface area (Å²) in [5.74, 6) is 1.42. The Labute approximate surface area is 107 Å². The number of carbonyl (C=O) groups excluding carboxylic acids is 1. The molecule has 0 saturated heterocycles. The van der Waals surface area contributed by atoms with E-state index in [4.69, 9.17) is 9.15 Å². The molecular weight excluding hydrogens is 228 g/mol. The lowest BCUT2D eigenvalue weighted by atomic mass is 9.70. The van der Waals surface area contributed by atoms with Crippen molar-refractivity contribution >= 4 is 5.78 Å². The summed E-state index contributed by atoms with van der Waals surface area (Å²) in [6.07, 6.45) is 5.62. The smallest absolute Gasteiger partial charge is 0.174 e. The van der Waals surface area contributed by atoms with Crippen LogP contribution in [-0.2, 0) is 11.2 Å². The Morgan fingerprint density at radius 1 is 1.44 bits per heavy atom. The van der Waals surface area contributed by atoms with E-state index < -0.39 is 0 Å². The number of allylic oxidation sites excluding steroid dienone is 1. The van der Waals surface area contributed by atoms with Gasteiger partial charge in [-0.25, -0.2) is 0 Å². The summed E-state index contributed by atoms with van der Waals surface area (Å²) in [5.41, 5.74) is 2.96. The molecule has 1 aromatic rings. The highest BCUT2D eigenvalue weighted by Crippen LogP contribution is 2.41. The Morgan fingerprint density at radius 2 is 2.22 bits per heavy atom. The molecule has 0 fully saturated rings. The lowest BCUT2D eigenvalue weighted by Gasteiger charge is -2.35. The number of furan rings is 1. The lowest BCUT2D eigenvalue weighted by Crippen LogP contribution is -2.36. The van der Waals surface area contributed by atoms with Gasteiger partial charge in [-0.1, -0.05) is 18.6 Å². The third-order valence-electron chi connectivity index (χ3n) is 4.22. The molecule has 3 rings (SSSR count). The van der Waals surface area contributed by atoms with E-state index in [-0.39, 0.29) is 17.8 Å². The first-order valence-electron chi connectivity index (χ1n) is 6.46. The molecule has 1 aromatic heterocycles. The van der Waals surface area contributed by atoms with Crippen LogP contribution in [0.15, 0.2) is 22.3 Å². The van der Waals surface area contributed by atoms with Crippen LogP contribution in [0.25, 0.3) is 0 Å². The normalized spacial score (nSPS) is 30.7. The molecule has 0 spiro atoms. The summed E-state index contributed by atoms with van der Waals surface area (Å²) < 4.78 is 10.9. The SMILES string of the molecule is COC1C=C2Cc3occ(C)c3C(=O)C2C(C)C1. The number of rotatable bonds is 1. The number of ketones is 1. The zero-order valence-electron chi connectivity index (χ0n) is 11.0. The fraction of sp³-hybridized carbons (Fsp3) is 0.533. The fourth-order valence-electron chi connectivity index (χ4n) is 3.34. The van der Waals surface area contributed by atoms with Crippen LogP contribution in [-0.4, -0.2) is 19.0 Å². The Hall–Kier alpha value is -1.35. The number of fused-ring (bicyclic) bond motifs is 2. The molecule has 0 N–H and O–H groups in total. The summed E-state index contributed by atoms with van der Waals surface area (Å²) in [6.45, 7) is 4.09. The predicted molar refractivity (Wildman–Crippen MR) is 67.6 cm³/mol. The van der Waals surface area contributed by atoms with Crippen LogP contribution in [0.2, 0.25) is 0 Å². The molecule has 0 amide bonds. The number of hydrogen-bond donors (Lipinski definition) is 0. The highest BCUT2D eigenvalue weighted by Gasteiger charge is 2.40. The van der Waals surface area contributed by atoms with Crippen LogP contribution in [0, 0.1) is 18.8 Å². The summed E-state index contributed by atoms with van der Waals surface area (Å²) in [4.78, 5) is 12.6. The predicted octanol–water partition coefficient (Wildman–Crippen LogP) is 2.92. The van der Waals surface area contributed by atoms with Crippen molar-refractivity contribution in [1.29, 1.82) is 0 Å². The number of carbonyl (C=O) groups is 1. The third kappa shape index (κ3) is 1.57. The van der Waals surface area contributed by atoms with Gasteiger partial charge in [0.1, 0.15) is 5.76 Å². The molecule has 3 nitrogen and oxygen atoms in total. The van der Waals surface area contributed by atoms with Gasteiger partial charge in [0.05, 0.1) is 17.9 Å². The molecule has 96 valence electrons. The highest BCUT2D eigenvalue weighted by molar-refractivity contribution is 6.03. The van der Waals surface area contributed by atoms with Crippen molar-refractivity contribution in [2.45, 2.75) is 32.8 Å².